The van der Waals surface area contributed by atoms with Gasteiger partial charge in [0.25, 0.3) is 0 Å². The van der Waals surface area contributed by atoms with Crippen molar-refractivity contribution >= 4 is 5.91 Å². The third kappa shape index (κ3) is 2.06. The molecule has 3 unspecified atom stereocenters. The lowest BCUT2D eigenvalue weighted by atomic mass is 9.47. The van der Waals surface area contributed by atoms with Crippen LogP contribution in [-0.4, -0.2) is 67.6 Å². The third-order valence-corrected chi connectivity index (χ3v) is 5.03. The summed E-state index contributed by atoms with van der Waals surface area (Å²) in [5.41, 5.74) is 5.23. The number of nitrogens with zero attached hydrogens (tertiary/aromatic N) is 1. The van der Waals surface area contributed by atoms with Crippen molar-refractivity contribution in [1.82, 2.24) is 4.90 Å². The molecule has 0 aromatic carbocycles. The molecular formula is C14H26N2O4. The van der Waals surface area contributed by atoms with E-state index in [1.807, 2.05) is 13.8 Å². The molecule has 0 aromatic rings. The number of aliphatic hydroxyl groups excluding tert-OH is 1. The highest BCUT2D eigenvalue weighted by Gasteiger charge is 2.71. The predicted molar refractivity (Wildman–Crippen MR) is 74.1 cm³/mol. The monoisotopic (exact) mass is 286 g/mol. The van der Waals surface area contributed by atoms with Gasteiger partial charge in [-0.25, -0.2) is 0 Å². The predicted octanol–water partition coefficient (Wildman–Crippen LogP) is -0.404. The minimum atomic E-state index is -0.906. The average molecular weight is 286 g/mol. The van der Waals surface area contributed by atoms with E-state index in [2.05, 4.69) is 0 Å². The van der Waals surface area contributed by atoms with E-state index in [-0.39, 0.29) is 36.5 Å². The summed E-state index contributed by atoms with van der Waals surface area (Å²) in [4.78, 5) is 14.5. The van der Waals surface area contributed by atoms with Crippen molar-refractivity contribution in [2.45, 2.75) is 31.9 Å². The lowest BCUT2D eigenvalue weighted by molar-refractivity contribution is -0.185. The molecular weight excluding hydrogens is 260 g/mol. The van der Waals surface area contributed by atoms with Crippen LogP contribution in [0, 0.1) is 11.3 Å². The lowest BCUT2D eigenvalue weighted by Gasteiger charge is -2.61. The van der Waals surface area contributed by atoms with Gasteiger partial charge in [-0.15, -0.1) is 0 Å². The summed E-state index contributed by atoms with van der Waals surface area (Å²) >= 11 is 0. The lowest BCUT2D eigenvalue weighted by Crippen LogP contribution is -2.80. The fraction of sp³-hybridized carbons (Fsp3) is 0.929. The van der Waals surface area contributed by atoms with Crippen LogP contribution in [0.2, 0.25) is 0 Å². The summed E-state index contributed by atoms with van der Waals surface area (Å²) in [6.45, 7) is 5.75. The molecule has 1 heterocycles. The van der Waals surface area contributed by atoms with Crippen LogP contribution in [0.4, 0.5) is 0 Å². The Morgan fingerprint density at radius 1 is 1.50 bits per heavy atom. The standard InChI is InChI=1S/C14H26N2O4/c1-13(2)11-10(4-8-20-11)14(13,15)12(18)16(5-7-17)6-9-19-3/h10-11,17H,4-9,15H2,1-3H3. The number of hydrogen-bond donors (Lipinski definition) is 2. The summed E-state index contributed by atoms with van der Waals surface area (Å²) < 4.78 is 10.7. The molecule has 1 aliphatic carbocycles. The van der Waals surface area contributed by atoms with Crippen LogP contribution in [0.15, 0.2) is 0 Å². The molecule has 20 heavy (non-hydrogen) atoms. The molecule has 1 aliphatic heterocycles. The highest BCUT2D eigenvalue weighted by Crippen LogP contribution is 2.58. The van der Waals surface area contributed by atoms with E-state index < -0.39 is 5.54 Å². The first kappa shape index (κ1) is 15.7. The molecule has 1 saturated heterocycles. The van der Waals surface area contributed by atoms with Crippen molar-refractivity contribution in [2.24, 2.45) is 17.1 Å². The van der Waals surface area contributed by atoms with Gasteiger partial charge in [0.05, 0.1) is 19.3 Å². The van der Waals surface area contributed by atoms with E-state index in [0.717, 1.165) is 6.42 Å². The first-order valence-electron chi connectivity index (χ1n) is 7.21. The Kier molecular flexibility index (Phi) is 4.39. The highest BCUT2D eigenvalue weighted by atomic mass is 16.5. The largest absolute Gasteiger partial charge is 0.395 e. The molecule has 2 fully saturated rings. The quantitative estimate of drug-likeness (QED) is 0.694. The SMILES string of the molecule is COCCN(CCO)C(=O)C1(N)C2CCOC2C1(C)C. The Hall–Kier alpha value is -0.690. The Labute approximate surface area is 120 Å². The van der Waals surface area contributed by atoms with Gasteiger partial charge in [0.2, 0.25) is 5.91 Å². The number of rotatable bonds is 6. The number of carbonyl (C=O) groups excluding carboxylic acids is 1. The zero-order valence-electron chi connectivity index (χ0n) is 12.6. The smallest absolute Gasteiger partial charge is 0.243 e. The second kappa shape index (κ2) is 5.60. The van der Waals surface area contributed by atoms with Gasteiger partial charge in [0.15, 0.2) is 0 Å². The summed E-state index contributed by atoms with van der Waals surface area (Å²) in [7, 11) is 1.59. The molecule has 0 bridgehead atoms. The van der Waals surface area contributed by atoms with Crippen LogP contribution in [0.1, 0.15) is 20.3 Å². The van der Waals surface area contributed by atoms with Gasteiger partial charge in [0.1, 0.15) is 5.54 Å². The summed E-state index contributed by atoms with van der Waals surface area (Å²) in [6.07, 6.45) is 0.892. The Morgan fingerprint density at radius 3 is 2.80 bits per heavy atom. The number of fused-ring (bicyclic) bond motifs is 1. The van der Waals surface area contributed by atoms with Crippen LogP contribution < -0.4 is 5.73 Å². The Bertz CT molecular complexity index is 374. The fourth-order valence-electron chi connectivity index (χ4n) is 3.72. The Morgan fingerprint density at radius 2 is 2.20 bits per heavy atom. The second-order valence-corrected chi connectivity index (χ2v) is 6.29. The second-order valence-electron chi connectivity index (χ2n) is 6.29. The van der Waals surface area contributed by atoms with E-state index in [4.69, 9.17) is 20.3 Å². The molecule has 6 nitrogen and oxygen atoms in total. The van der Waals surface area contributed by atoms with Crippen molar-refractivity contribution < 1.29 is 19.4 Å². The molecule has 2 rings (SSSR count). The molecule has 2 aliphatic rings. The van der Waals surface area contributed by atoms with Gasteiger partial charge in [-0.1, -0.05) is 13.8 Å². The van der Waals surface area contributed by atoms with Crippen LogP contribution in [0.5, 0.6) is 0 Å². The van der Waals surface area contributed by atoms with Crippen molar-refractivity contribution in [3.63, 3.8) is 0 Å². The van der Waals surface area contributed by atoms with E-state index in [1.165, 1.54) is 0 Å². The molecule has 6 heteroatoms. The number of aliphatic hydroxyl groups is 1. The van der Waals surface area contributed by atoms with Crippen LogP contribution in [0.3, 0.4) is 0 Å². The molecule has 0 spiro atoms. The van der Waals surface area contributed by atoms with Gasteiger partial charge in [0, 0.05) is 38.1 Å². The minimum Gasteiger partial charge on any atom is -0.395 e. The maximum absolute atomic E-state index is 12.9. The zero-order valence-corrected chi connectivity index (χ0v) is 12.6. The van der Waals surface area contributed by atoms with Crippen molar-refractivity contribution in [1.29, 1.82) is 0 Å². The topological polar surface area (TPSA) is 85.0 Å². The van der Waals surface area contributed by atoms with E-state index in [1.54, 1.807) is 12.0 Å². The van der Waals surface area contributed by atoms with Gasteiger partial charge >= 0.3 is 0 Å². The maximum atomic E-state index is 12.9. The molecule has 3 atom stereocenters. The third-order valence-electron chi connectivity index (χ3n) is 5.03. The van der Waals surface area contributed by atoms with Gasteiger partial charge in [-0.05, 0) is 6.42 Å². The summed E-state index contributed by atoms with van der Waals surface area (Å²) in [5.74, 6) is -0.0194. The Balaban J connectivity index is 2.16. The number of ether oxygens (including phenoxy) is 2. The first-order valence-corrected chi connectivity index (χ1v) is 7.21. The number of nitrogens with two attached hydrogens (primary N) is 1. The first-order chi connectivity index (χ1) is 9.41. The fourth-order valence-corrected chi connectivity index (χ4v) is 3.72. The molecule has 1 saturated carbocycles. The van der Waals surface area contributed by atoms with E-state index in [0.29, 0.717) is 19.8 Å². The van der Waals surface area contributed by atoms with Crippen molar-refractivity contribution in [3.05, 3.63) is 0 Å². The van der Waals surface area contributed by atoms with Crippen molar-refractivity contribution in [3.8, 4) is 0 Å². The van der Waals surface area contributed by atoms with Crippen molar-refractivity contribution in [2.75, 3.05) is 40.0 Å². The van der Waals surface area contributed by atoms with Crippen LogP contribution in [0.25, 0.3) is 0 Å². The van der Waals surface area contributed by atoms with Gasteiger partial charge < -0.3 is 25.2 Å². The van der Waals surface area contributed by atoms with E-state index >= 15 is 0 Å². The highest BCUT2D eigenvalue weighted by molar-refractivity contribution is 5.89. The normalized spacial score (nSPS) is 34.5. The number of carbonyl (C=O) groups is 1. The number of amides is 1. The maximum Gasteiger partial charge on any atom is 0.243 e. The van der Waals surface area contributed by atoms with Crippen LogP contribution >= 0.6 is 0 Å². The molecule has 116 valence electrons. The summed E-state index contributed by atoms with van der Waals surface area (Å²) in [6, 6.07) is 0. The zero-order chi connectivity index (χ0) is 15.0. The molecule has 0 aromatic heterocycles. The van der Waals surface area contributed by atoms with Gasteiger partial charge in [-0.3, -0.25) is 4.79 Å². The minimum absolute atomic E-state index is 0.0647. The molecule has 1 amide bonds. The van der Waals surface area contributed by atoms with E-state index in [9.17, 15) is 4.79 Å². The van der Waals surface area contributed by atoms with Gasteiger partial charge in [-0.2, -0.15) is 0 Å². The molecule has 3 N–H and O–H groups in total. The average Bonchev–Trinajstić information content (AvgIpc) is 2.90. The number of methoxy groups -OCH3 is 1. The molecule has 0 radical (unpaired) electrons. The summed E-state index contributed by atoms with van der Waals surface area (Å²) in [5, 5.41) is 9.16. The number of hydrogen-bond acceptors (Lipinski definition) is 5. The van der Waals surface area contributed by atoms with Crippen LogP contribution in [-0.2, 0) is 14.3 Å².